The maximum Gasteiger partial charge on any atom is 0.321 e. The normalized spacial score (nSPS) is 12.0. The Hall–Kier alpha value is -3.59. The van der Waals surface area contributed by atoms with Crippen molar-refractivity contribution in [2.75, 3.05) is 12.9 Å². The van der Waals surface area contributed by atoms with Crippen LogP contribution in [0.25, 0.3) is 17.0 Å². The van der Waals surface area contributed by atoms with Crippen molar-refractivity contribution in [2.45, 2.75) is 31.3 Å². The third-order valence-corrected chi connectivity index (χ3v) is 6.19. The molecule has 0 saturated heterocycles. The molecule has 2 heterocycles. The van der Waals surface area contributed by atoms with E-state index in [2.05, 4.69) is 28.9 Å². The molecule has 1 unspecified atom stereocenters. The Morgan fingerprint density at radius 1 is 1.15 bits per heavy atom. The predicted molar refractivity (Wildman–Crippen MR) is 127 cm³/mol. The number of fused-ring (bicyclic) bond motifs is 1. The van der Waals surface area contributed by atoms with Crippen LogP contribution in [0.4, 0.5) is 0 Å². The van der Waals surface area contributed by atoms with Gasteiger partial charge in [0.15, 0.2) is 16.6 Å². The number of nitrogens with one attached hydrogen (secondary N) is 1. The molecular formula is C24H24N4O4S. The van der Waals surface area contributed by atoms with Gasteiger partial charge in [-0.25, -0.2) is 14.5 Å². The van der Waals surface area contributed by atoms with Gasteiger partial charge in [0.05, 0.1) is 12.9 Å². The highest BCUT2D eigenvalue weighted by atomic mass is 32.2. The molecule has 2 aromatic carbocycles. The third kappa shape index (κ3) is 5.09. The molecule has 0 aliphatic rings. The van der Waals surface area contributed by atoms with Crippen molar-refractivity contribution < 1.29 is 14.3 Å². The Kier molecular flexibility index (Phi) is 6.79. The van der Waals surface area contributed by atoms with Crippen LogP contribution >= 0.6 is 11.8 Å². The number of aromatic amines is 1. The number of benzene rings is 2. The van der Waals surface area contributed by atoms with E-state index in [4.69, 9.17) is 9.47 Å². The van der Waals surface area contributed by atoms with Crippen LogP contribution in [0.2, 0.25) is 0 Å². The molecule has 4 aromatic rings. The molecule has 0 fully saturated rings. The molecule has 8 nitrogen and oxygen atoms in total. The fourth-order valence-electron chi connectivity index (χ4n) is 3.33. The van der Waals surface area contributed by atoms with Gasteiger partial charge in [0, 0.05) is 11.6 Å². The first-order valence-electron chi connectivity index (χ1n) is 10.5. The van der Waals surface area contributed by atoms with Crippen molar-refractivity contribution in [1.82, 2.24) is 19.6 Å². The van der Waals surface area contributed by atoms with Crippen LogP contribution in [0.1, 0.15) is 31.7 Å². The number of hydrogen-bond donors (Lipinski definition) is 1. The highest BCUT2D eigenvalue weighted by Gasteiger charge is 2.16. The maximum absolute atomic E-state index is 12.6. The van der Waals surface area contributed by atoms with Crippen LogP contribution in [0, 0.1) is 0 Å². The van der Waals surface area contributed by atoms with Crippen LogP contribution in [0.15, 0.2) is 64.5 Å². The molecule has 1 atom stereocenters. The predicted octanol–water partition coefficient (Wildman–Crippen LogP) is 4.30. The van der Waals surface area contributed by atoms with E-state index in [0.717, 1.165) is 17.5 Å². The second kappa shape index (κ2) is 9.91. The number of hydrogen-bond acceptors (Lipinski definition) is 7. The Labute approximate surface area is 195 Å². The van der Waals surface area contributed by atoms with Gasteiger partial charge < -0.3 is 9.47 Å². The van der Waals surface area contributed by atoms with Crippen molar-refractivity contribution in [2.24, 2.45) is 0 Å². The van der Waals surface area contributed by atoms with Crippen molar-refractivity contribution in [3.63, 3.8) is 0 Å². The maximum atomic E-state index is 12.6. The number of para-hydroxylation sites is 1. The van der Waals surface area contributed by atoms with Gasteiger partial charge in [0.1, 0.15) is 11.5 Å². The van der Waals surface area contributed by atoms with Crippen molar-refractivity contribution in [1.29, 1.82) is 0 Å². The Balaban J connectivity index is 1.57. The van der Waals surface area contributed by atoms with Crippen LogP contribution in [0.5, 0.6) is 11.5 Å². The van der Waals surface area contributed by atoms with E-state index >= 15 is 0 Å². The van der Waals surface area contributed by atoms with Gasteiger partial charge in [-0.1, -0.05) is 43.8 Å². The van der Waals surface area contributed by atoms with Gasteiger partial charge in [-0.2, -0.15) is 0 Å². The summed E-state index contributed by atoms with van der Waals surface area (Å²) < 4.78 is 12.3. The van der Waals surface area contributed by atoms with Crippen LogP contribution in [-0.4, -0.2) is 38.4 Å². The fraction of sp³-hybridized carbons (Fsp3) is 0.250. The molecule has 0 aliphatic carbocycles. The number of esters is 1. The lowest BCUT2D eigenvalue weighted by Gasteiger charge is -2.14. The SMILES string of the molecule is CCC(C)c1ccccc1OC(=O)CSc1nc(-c2ccc(OC)cc2)nc2cc(=O)[nH]n12. The van der Waals surface area contributed by atoms with E-state index in [9.17, 15) is 9.59 Å². The largest absolute Gasteiger partial charge is 0.497 e. The summed E-state index contributed by atoms with van der Waals surface area (Å²) >= 11 is 1.17. The number of ether oxygens (including phenoxy) is 2. The molecule has 4 rings (SSSR count). The molecule has 9 heteroatoms. The molecule has 0 amide bonds. The minimum Gasteiger partial charge on any atom is -0.497 e. The molecule has 0 aliphatic heterocycles. The Bertz CT molecular complexity index is 1330. The van der Waals surface area contributed by atoms with E-state index in [1.165, 1.54) is 22.3 Å². The van der Waals surface area contributed by atoms with E-state index < -0.39 is 5.97 Å². The van der Waals surface area contributed by atoms with Crippen molar-refractivity contribution >= 4 is 23.4 Å². The molecule has 0 bridgehead atoms. The molecule has 1 N–H and O–H groups in total. The van der Waals surface area contributed by atoms with Crippen molar-refractivity contribution in [3.05, 3.63) is 70.5 Å². The summed E-state index contributed by atoms with van der Waals surface area (Å²) in [5, 5.41) is 3.10. The summed E-state index contributed by atoms with van der Waals surface area (Å²) in [5.74, 6) is 1.62. The van der Waals surface area contributed by atoms with E-state index in [-0.39, 0.29) is 17.2 Å². The number of thioether (sulfide) groups is 1. The molecule has 0 radical (unpaired) electrons. The number of carbonyl (C=O) groups excluding carboxylic acids is 1. The second-order valence-electron chi connectivity index (χ2n) is 7.48. The summed E-state index contributed by atoms with van der Waals surface area (Å²) in [7, 11) is 1.60. The van der Waals surface area contributed by atoms with Crippen LogP contribution in [-0.2, 0) is 4.79 Å². The zero-order valence-corrected chi connectivity index (χ0v) is 19.4. The van der Waals surface area contributed by atoms with Crippen molar-refractivity contribution in [3.8, 4) is 22.9 Å². The van der Waals surface area contributed by atoms with Gasteiger partial charge in [0.25, 0.3) is 5.56 Å². The highest BCUT2D eigenvalue weighted by Crippen LogP contribution is 2.29. The zero-order chi connectivity index (χ0) is 23.4. The standard InChI is InChI=1S/C24H24N4O4S/c1-4-15(2)18-7-5-6-8-19(18)32-22(30)14-33-24-26-23(16-9-11-17(31-3)12-10-16)25-20-13-21(29)27-28(20)24/h5-13,15H,4,14H2,1-3H3,(H,27,29). The summed E-state index contributed by atoms with van der Waals surface area (Å²) in [5.41, 5.74) is 1.88. The average Bonchev–Trinajstić information content (AvgIpc) is 3.22. The number of methoxy groups -OCH3 is 1. The highest BCUT2D eigenvalue weighted by molar-refractivity contribution is 7.99. The first-order valence-corrected chi connectivity index (χ1v) is 11.5. The zero-order valence-electron chi connectivity index (χ0n) is 18.6. The topological polar surface area (TPSA) is 98.6 Å². The lowest BCUT2D eigenvalue weighted by Crippen LogP contribution is -2.14. The molecule has 170 valence electrons. The first kappa shape index (κ1) is 22.6. The number of nitrogens with zero attached hydrogens (tertiary/aromatic N) is 3. The quantitative estimate of drug-likeness (QED) is 0.236. The van der Waals surface area contributed by atoms with Gasteiger partial charge in [-0.3, -0.25) is 14.7 Å². The summed E-state index contributed by atoms with van der Waals surface area (Å²) in [6, 6.07) is 16.3. The number of H-pyrrole nitrogens is 1. The Morgan fingerprint density at radius 2 is 1.91 bits per heavy atom. The number of carbonyl (C=O) groups is 1. The number of aromatic nitrogens is 4. The summed E-state index contributed by atoms with van der Waals surface area (Å²) in [6.07, 6.45) is 0.942. The van der Waals surface area contributed by atoms with Gasteiger partial charge >= 0.3 is 5.97 Å². The molecule has 2 aromatic heterocycles. The number of rotatable bonds is 8. The second-order valence-corrected chi connectivity index (χ2v) is 8.42. The van der Waals surface area contributed by atoms with Gasteiger partial charge in [-0.05, 0) is 48.2 Å². The van der Waals surface area contributed by atoms with E-state index in [0.29, 0.717) is 28.1 Å². The van der Waals surface area contributed by atoms with Crippen LogP contribution in [0.3, 0.4) is 0 Å². The van der Waals surface area contributed by atoms with Crippen LogP contribution < -0.4 is 15.0 Å². The summed E-state index contributed by atoms with van der Waals surface area (Å²) in [6.45, 7) is 4.19. The van der Waals surface area contributed by atoms with Gasteiger partial charge in [-0.15, -0.1) is 0 Å². The monoisotopic (exact) mass is 464 g/mol. The minimum absolute atomic E-state index is 0.0171. The van der Waals surface area contributed by atoms with E-state index in [1.54, 1.807) is 13.2 Å². The first-order chi connectivity index (χ1) is 16.0. The average molecular weight is 465 g/mol. The molecule has 0 spiro atoms. The lowest BCUT2D eigenvalue weighted by atomic mass is 9.98. The van der Waals surface area contributed by atoms with E-state index in [1.807, 2.05) is 42.5 Å². The molecule has 0 saturated carbocycles. The minimum atomic E-state index is -0.400. The Morgan fingerprint density at radius 3 is 2.64 bits per heavy atom. The third-order valence-electron chi connectivity index (χ3n) is 5.28. The smallest absolute Gasteiger partial charge is 0.321 e. The molecule has 33 heavy (non-hydrogen) atoms. The lowest BCUT2D eigenvalue weighted by molar-refractivity contribution is -0.131. The van der Waals surface area contributed by atoms with Gasteiger partial charge in [0.2, 0.25) is 0 Å². The molecular weight excluding hydrogens is 440 g/mol. The summed E-state index contributed by atoms with van der Waals surface area (Å²) in [4.78, 5) is 33.6. The fourth-order valence-corrected chi connectivity index (χ4v) is 4.05.